The SMILES string of the molecule is CC(C)[NH+](CCn1c(SCC(=O)NC2CC2)nc2ccccc2c1=O)C(C)C. The van der Waals surface area contributed by atoms with Crippen LogP contribution in [0.25, 0.3) is 10.9 Å². The van der Waals surface area contributed by atoms with Crippen LogP contribution in [0.1, 0.15) is 40.5 Å². The first-order valence-corrected chi connectivity index (χ1v) is 11.1. The van der Waals surface area contributed by atoms with Crippen molar-refractivity contribution in [3.8, 4) is 0 Å². The largest absolute Gasteiger partial charge is 0.353 e. The van der Waals surface area contributed by atoms with Crippen LogP contribution < -0.4 is 15.8 Å². The number of fused-ring (bicyclic) bond motifs is 1. The number of hydrogen-bond donors (Lipinski definition) is 2. The van der Waals surface area contributed by atoms with Gasteiger partial charge in [-0.15, -0.1) is 0 Å². The molecule has 0 bridgehead atoms. The smallest absolute Gasteiger partial charge is 0.262 e. The van der Waals surface area contributed by atoms with Crippen molar-refractivity contribution in [2.45, 2.75) is 70.4 Å². The van der Waals surface area contributed by atoms with Crippen molar-refractivity contribution in [2.75, 3.05) is 12.3 Å². The number of hydrogen-bond acceptors (Lipinski definition) is 4. The summed E-state index contributed by atoms with van der Waals surface area (Å²) in [5, 5.41) is 4.25. The molecule has 1 aliphatic carbocycles. The number of quaternary nitrogens is 1. The third-order valence-electron chi connectivity index (χ3n) is 5.21. The van der Waals surface area contributed by atoms with E-state index in [1.165, 1.54) is 16.7 Å². The van der Waals surface area contributed by atoms with E-state index >= 15 is 0 Å². The lowest BCUT2D eigenvalue weighted by Gasteiger charge is -2.28. The number of nitrogens with one attached hydrogen (secondary N) is 2. The maximum Gasteiger partial charge on any atom is 0.262 e. The summed E-state index contributed by atoms with van der Waals surface area (Å²) < 4.78 is 1.75. The fourth-order valence-electron chi connectivity index (χ4n) is 3.57. The minimum absolute atomic E-state index is 0.0121. The molecule has 1 aliphatic rings. The summed E-state index contributed by atoms with van der Waals surface area (Å²) in [5.41, 5.74) is 0.660. The monoisotopic (exact) mass is 403 g/mol. The van der Waals surface area contributed by atoms with Crippen LogP contribution in [-0.4, -0.2) is 45.9 Å². The van der Waals surface area contributed by atoms with Gasteiger partial charge in [0.05, 0.1) is 41.8 Å². The maximum absolute atomic E-state index is 13.1. The summed E-state index contributed by atoms with van der Waals surface area (Å²) in [7, 11) is 0. The van der Waals surface area contributed by atoms with Crippen molar-refractivity contribution < 1.29 is 9.69 Å². The number of para-hydroxylation sites is 1. The molecule has 152 valence electrons. The molecule has 0 saturated heterocycles. The van der Waals surface area contributed by atoms with Crippen molar-refractivity contribution in [3.05, 3.63) is 34.6 Å². The molecule has 0 spiro atoms. The minimum atomic E-state index is -0.0254. The highest BCUT2D eigenvalue weighted by Crippen LogP contribution is 2.20. The molecule has 1 saturated carbocycles. The molecular weight excluding hydrogens is 372 g/mol. The highest BCUT2D eigenvalue weighted by molar-refractivity contribution is 7.99. The second-order valence-corrected chi connectivity index (χ2v) is 9.08. The van der Waals surface area contributed by atoms with Crippen LogP contribution in [0.3, 0.4) is 0 Å². The zero-order chi connectivity index (χ0) is 20.3. The predicted molar refractivity (Wildman–Crippen MR) is 114 cm³/mol. The van der Waals surface area contributed by atoms with Gasteiger partial charge in [-0.1, -0.05) is 23.9 Å². The average molecular weight is 404 g/mol. The number of nitrogens with zero attached hydrogens (tertiary/aromatic N) is 2. The molecule has 0 radical (unpaired) electrons. The van der Waals surface area contributed by atoms with Gasteiger partial charge < -0.3 is 10.2 Å². The summed E-state index contributed by atoms with van der Waals surface area (Å²) in [5.74, 6) is 0.296. The minimum Gasteiger partial charge on any atom is -0.353 e. The summed E-state index contributed by atoms with van der Waals surface area (Å²) in [6, 6.07) is 8.73. The highest BCUT2D eigenvalue weighted by atomic mass is 32.2. The van der Waals surface area contributed by atoms with E-state index in [0.717, 1.165) is 19.4 Å². The molecule has 1 aromatic carbocycles. The third-order valence-corrected chi connectivity index (χ3v) is 6.19. The van der Waals surface area contributed by atoms with Crippen LogP contribution in [-0.2, 0) is 11.3 Å². The Balaban J connectivity index is 1.85. The topological polar surface area (TPSA) is 68.4 Å². The van der Waals surface area contributed by atoms with Crippen LogP contribution in [0.15, 0.2) is 34.2 Å². The molecule has 7 heteroatoms. The van der Waals surface area contributed by atoms with Gasteiger partial charge in [-0.05, 0) is 52.7 Å². The first kappa shape index (κ1) is 20.9. The van der Waals surface area contributed by atoms with Gasteiger partial charge in [-0.3, -0.25) is 14.2 Å². The highest BCUT2D eigenvalue weighted by Gasteiger charge is 2.24. The van der Waals surface area contributed by atoms with E-state index in [1.807, 2.05) is 24.3 Å². The predicted octanol–water partition coefficient (Wildman–Crippen LogP) is 1.47. The second-order valence-electron chi connectivity index (χ2n) is 8.13. The molecule has 0 unspecified atom stereocenters. The first-order valence-electron chi connectivity index (χ1n) is 10.1. The molecule has 0 atom stereocenters. The van der Waals surface area contributed by atoms with E-state index in [9.17, 15) is 9.59 Å². The van der Waals surface area contributed by atoms with Crippen LogP contribution >= 0.6 is 11.8 Å². The quantitative estimate of drug-likeness (QED) is 0.491. The molecule has 1 heterocycles. The van der Waals surface area contributed by atoms with Crippen LogP contribution in [0.5, 0.6) is 0 Å². The molecule has 6 nitrogen and oxygen atoms in total. The van der Waals surface area contributed by atoms with Crippen LogP contribution in [0.4, 0.5) is 0 Å². The number of benzene rings is 1. The molecule has 2 N–H and O–H groups in total. The number of thioether (sulfide) groups is 1. The van der Waals surface area contributed by atoms with Gasteiger partial charge in [0, 0.05) is 6.04 Å². The van der Waals surface area contributed by atoms with E-state index in [0.29, 0.717) is 40.7 Å². The van der Waals surface area contributed by atoms with Gasteiger partial charge in [0.25, 0.3) is 5.56 Å². The molecule has 2 aromatic rings. The summed E-state index contributed by atoms with van der Waals surface area (Å²) in [4.78, 5) is 31.4. The van der Waals surface area contributed by atoms with Crippen molar-refractivity contribution in [3.63, 3.8) is 0 Å². The van der Waals surface area contributed by atoms with E-state index in [1.54, 1.807) is 4.57 Å². The average Bonchev–Trinajstić information content (AvgIpc) is 3.45. The molecule has 1 amide bonds. The van der Waals surface area contributed by atoms with E-state index in [2.05, 4.69) is 33.0 Å². The normalized spacial score (nSPS) is 14.4. The zero-order valence-corrected chi connectivity index (χ0v) is 18.0. The lowest BCUT2D eigenvalue weighted by molar-refractivity contribution is -0.942. The van der Waals surface area contributed by atoms with Crippen LogP contribution in [0, 0.1) is 0 Å². The fraction of sp³-hybridized carbons (Fsp3) is 0.571. The van der Waals surface area contributed by atoms with Gasteiger partial charge in [-0.25, -0.2) is 4.98 Å². The van der Waals surface area contributed by atoms with Crippen molar-refractivity contribution in [1.29, 1.82) is 0 Å². The number of rotatable bonds is 9. The van der Waals surface area contributed by atoms with E-state index in [-0.39, 0.29) is 17.2 Å². The number of carbonyl (C=O) groups is 1. The molecule has 1 aromatic heterocycles. The van der Waals surface area contributed by atoms with Gasteiger partial charge >= 0.3 is 0 Å². The Morgan fingerprint density at radius 3 is 2.57 bits per heavy atom. The zero-order valence-electron chi connectivity index (χ0n) is 17.2. The Bertz CT molecular complexity index is 882. The van der Waals surface area contributed by atoms with Crippen LogP contribution in [0.2, 0.25) is 0 Å². The summed E-state index contributed by atoms with van der Waals surface area (Å²) in [6.07, 6.45) is 2.14. The second kappa shape index (κ2) is 9.09. The first-order chi connectivity index (χ1) is 13.4. The molecular formula is C21H31N4O2S+. The van der Waals surface area contributed by atoms with Gasteiger partial charge in [0.2, 0.25) is 5.91 Å². The fourth-order valence-corrected chi connectivity index (χ4v) is 4.40. The summed E-state index contributed by atoms with van der Waals surface area (Å²) >= 11 is 1.35. The Morgan fingerprint density at radius 1 is 1.25 bits per heavy atom. The van der Waals surface area contributed by atoms with Crippen molar-refractivity contribution >= 4 is 28.6 Å². The molecule has 1 fully saturated rings. The van der Waals surface area contributed by atoms with Crippen molar-refractivity contribution in [2.24, 2.45) is 0 Å². The lowest BCUT2D eigenvalue weighted by Crippen LogP contribution is -3.18. The summed E-state index contributed by atoms with van der Waals surface area (Å²) in [6.45, 7) is 10.2. The Morgan fingerprint density at radius 2 is 1.93 bits per heavy atom. The maximum atomic E-state index is 13.1. The standard InChI is InChI=1S/C21H30N4O2S/c1-14(2)24(15(3)4)11-12-25-20(27)17-7-5-6-8-18(17)23-21(25)28-13-19(26)22-16-9-10-16/h5-8,14-16H,9-13H2,1-4H3,(H,22,26)/p+1. The molecule has 3 rings (SSSR count). The Hall–Kier alpha value is -1.86. The van der Waals surface area contributed by atoms with Crippen molar-refractivity contribution in [1.82, 2.24) is 14.9 Å². The molecule has 28 heavy (non-hydrogen) atoms. The Kier molecular flexibility index (Phi) is 6.78. The Labute approximate surface area is 170 Å². The number of carbonyl (C=O) groups excluding carboxylic acids is 1. The van der Waals surface area contributed by atoms with E-state index < -0.39 is 0 Å². The van der Waals surface area contributed by atoms with E-state index in [4.69, 9.17) is 4.98 Å². The molecule has 0 aliphatic heterocycles. The van der Waals surface area contributed by atoms with Gasteiger partial charge in [0.15, 0.2) is 5.16 Å². The lowest BCUT2D eigenvalue weighted by atomic mass is 10.2. The number of amides is 1. The van der Waals surface area contributed by atoms with Gasteiger partial charge in [-0.2, -0.15) is 0 Å². The third kappa shape index (κ3) is 5.14. The van der Waals surface area contributed by atoms with Gasteiger partial charge in [0.1, 0.15) is 0 Å². The number of aromatic nitrogens is 2.